The van der Waals surface area contributed by atoms with Crippen molar-refractivity contribution in [2.75, 3.05) is 51.3 Å². The van der Waals surface area contributed by atoms with Crippen molar-refractivity contribution in [1.29, 1.82) is 0 Å². The van der Waals surface area contributed by atoms with E-state index in [1.165, 1.54) is 10.5 Å². The fraction of sp³-hybridized carbons (Fsp3) is 0.625. The highest BCUT2D eigenvalue weighted by Crippen LogP contribution is 2.40. The Morgan fingerprint density at radius 3 is 2.67 bits per heavy atom. The number of pyridine rings is 1. The first-order valence-corrected chi connectivity index (χ1v) is 14.1. The molecule has 2 aliphatic heterocycles. The minimum Gasteiger partial charge on any atom is -0.379 e. The molecule has 2 aromatic rings. The third-order valence-corrected chi connectivity index (χ3v) is 9.07. The number of piperidine rings is 1. The lowest BCUT2D eigenvalue weighted by Crippen LogP contribution is -2.50. The Balaban J connectivity index is 1.12. The van der Waals surface area contributed by atoms with Crippen LogP contribution >= 0.6 is 0 Å². The zero-order valence-corrected chi connectivity index (χ0v) is 21.4. The molecule has 196 valence electrons. The number of nitrogens with zero attached hydrogens (tertiary/aromatic N) is 4. The van der Waals surface area contributed by atoms with E-state index in [1.54, 1.807) is 18.2 Å². The van der Waals surface area contributed by atoms with Gasteiger partial charge in [-0.25, -0.2) is 13.4 Å². The highest BCUT2D eigenvalue weighted by atomic mass is 32.2. The van der Waals surface area contributed by atoms with Gasteiger partial charge in [-0.1, -0.05) is 5.16 Å². The summed E-state index contributed by atoms with van der Waals surface area (Å²) in [4.78, 5) is 19.4. The number of sulfonamides is 1. The highest BCUT2D eigenvalue weighted by molar-refractivity contribution is 7.89. The van der Waals surface area contributed by atoms with Gasteiger partial charge in [-0.05, 0) is 44.7 Å². The zero-order chi connectivity index (χ0) is 25.1. The van der Waals surface area contributed by atoms with Crippen LogP contribution in [0, 0.1) is 0 Å². The molecule has 3 fully saturated rings. The van der Waals surface area contributed by atoms with Crippen LogP contribution in [-0.2, 0) is 14.8 Å². The van der Waals surface area contributed by atoms with E-state index in [0.717, 1.165) is 58.0 Å². The summed E-state index contributed by atoms with van der Waals surface area (Å²) >= 11 is 0. The molecular formula is C24H34N6O5S. The summed E-state index contributed by atoms with van der Waals surface area (Å²) in [7, 11) is -3.69. The summed E-state index contributed by atoms with van der Waals surface area (Å²) < 4.78 is 38.7. The predicted molar refractivity (Wildman–Crippen MR) is 132 cm³/mol. The number of carbonyl (C=O) groups is 1. The van der Waals surface area contributed by atoms with Crippen molar-refractivity contribution in [3.8, 4) is 0 Å². The SMILES string of the molecule is C[C@@H]1C[C@@H](NC(=O)c2cc(C3CC3)on2)CCN1S(=O)(=O)c1ccc(NCCN2CCOCC2)nc1. The number of morpholine rings is 1. The quantitative estimate of drug-likeness (QED) is 0.509. The van der Waals surface area contributed by atoms with Crippen LogP contribution < -0.4 is 10.6 Å². The van der Waals surface area contributed by atoms with E-state index >= 15 is 0 Å². The Labute approximate surface area is 211 Å². The van der Waals surface area contributed by atoms with E-state index in [2.05, 4.69) is 25.7 Å². The predicted octanol–water partition coefficient (Wildman–Crippen LogP) is 1.66. The van der Waals surface area contributed by atoms with Crippen molar-refractivity contribution in [3.05, 3.63) is 35.9 Å². The number of carbonyl (C=O) groups excluding carboxylic acids is 1. The number of hydrogen-bond donors (Lipinski definition) is 2. The van der Waals surface area contributed by atoms with Gasteiger partial charge >= 0.3 is 0 Å². The molecule has 2 aromatic heterocycles. The number of ether oxygens (including phenoxy) is 1. The molecule has 3 aliphatic rings. The van der Waals surface area contributed by atoms with Gasteiger partial charge in [0.05, 0.1) is 13.2 Å². The summed E-state index contributed by atoms with van der Waals surface area (Å²) in [5.74, 6) is 1.53. The molecule has 0 bridgehead atoms. The lowest BCUT2D eigenvalue weighted by Gasteiger charge is -2.36. The molecular weight excluding hydrogens is 484 g/mol. The van der Waals surface area contributed by atoms with Crippen molar-refractivity contribution in [2.24, 2.45) is 0 Å². The lowest BCUT2D eigenvalue weighted by atomic mass is 10.0. The van der Waals surface area contributed by atoms with Gasteiger partial charge in [0.1, 0.15) is 16.5 Å². The molecule has 4 heterocycles. The zero-order valence-electron chi connectivity index (χ0n) is 20.6. The van der Waals surface area contributed by atoms with Crippen molar-refractivity contribution in [3.63, 3.8) is 0 Å². The molecule has 0 radical (unpaired) electrons. The molecule has 0 aromatic carbocycles. The van der Waals surface area contributed by atoms with E-state index in [1.807, 2.05) is 6.92 Å². The third-order valence-electron chi connectivity index (χ3n) is 7.07. The fourth-order valence-corrected chi connectivity index (χ4v) is 6.40. The monoisotopic (exact) mass is 518 g/mol. The van der Waals surface area contributed by atoms with Gasteiger partial charge < -0.3 is 19.9 Å². The molecule has 1 amide bonds. The second-order valence-electron chi connectivity index (χ2n) is 9.81. The normalized spacial score (nSPS) is 23.9. The van der Waals surface area contributed by atoms with E-state index in [4.69, 9.17) is 9.26 Å². The fourth-order valence-electron chi connectivity index (χ4n) is 4.79. The van der Waals surface area contributed by atoms with Crippen molar-refractivity contribution < 1.29 is 22.5 Å². The average Bonchev–Trinajstić information content (AvgIpc) is 3.61. The molecule has 2 saturated heterocycles. The Kier molecular flexibility index (Phi) is 7.56. The molecule has 36 heavy (non-hydrogen) atoms. The maximum atomic E-state index is 13.3. The number of rotatable bonds is 9. The highest BCUT2D eigenvalue weighted by Gasteiger charge is 2.36. The number of aromatic nitrogens is 2. The second-order valence-corrected chi connectivity index (χ2v) is 11.7. The van der Waals surface area contributed by atoms with E-state index in [-0.39, 0.29) is 28.6 Å². The van der Waals surface area contributed by atoms with Crippen LogP contribution in [0.5, 0.6) is 0 Å². The number of hydrogen-bond acceptors (Lipinski definition) is 9. The molecule has 2 atom stereocenters. The van der Waals surface area contributed by atoms with Crippen LogP contribution in [0.1, 0.15) is 54.8 Å². The van der Waals surface area contributed by atoms with Crippen molar-refractivity contribution >= 4 is 21.7 Å². The molecule has 12 heteroatoms. The van der Waals surface area contributed by atoms with Gasteiger partial charge in [0.15, 0.2) is 5.69 Å². The third kappa shape index (κ3) is 5.88. The summed E-state index contributed by atoms with van der Waals surface area (Å²) in [6, 6.07) is 4.63. The molecule has 5 rings (SSSR count). The van der Waals surface area contributed by atoms with Gasteiger partial charge in [0, 0.05) is 63.0 Å². The van der Waals surface area contributed by atoms with Gasteiger partial charge in [-0.2, -0.15) is 4.31 Å². The van der Waals surface area contributed by atoms with Gasteiger partial charge in [-0.15, -0.1) is 0 Å². The van der Waals surface area contributed by atoms with Gasteiger partial charge in [0.25, 0.3) is 5.91 Å². The van der Waals surface area contributed by atoms with Crippen LogP contribution in [-0.4, -0.2) is 91.7 Å². The van der Waals surface area contributed by atoms with Crippen LogP contribution in [0.25, 0.3) is 0 Å². The van der Waals surface area contributed by atoms with Crippen LogP contribution in [0.4, 0.5) is 5.82 Å². The summed E-state index contributed by atoms with van der Waals surface area (Å²) in [5.41, 5.74) is 0.282. The van der Waals surface area contributed by atoms with Crippen LogP contribution in [0.15, 0.2) is 33.8 Å². The van der Waals surface area contributed by atoms with Gasteiger partial charge in [0.2, 0.25) is 10.0 Å². The minimum absolute atomic E-state index is 0.129. The number of anilines is 1. The smallest absolute Gasteiger partial charge is 0.273 e. The first-order chi connectivity index (χ1) is 17.4. The molecule has 0 spiro atoms. The van der Waals surface area contributed by atoms with E-state index < -0.39 is 10.0 Å². The summed E-state index contributed by atoms with van der Waals surface area (Å²) in [6.07, 6.45) is 4.61. The van der Waals surface area contributed by atoms with E-state index in [9.17, 15) is 13.2 Å². The van der Waals surface area contributed by atoms with Crippen LogP contribution in [0.2, 0.25) is 0 Å². The molecule has 11 nitrogen and oxygen atoms in total. The number of nitrogens with one attached hydrogen (secondary N) is 2. The molecule has 1 aliphatic carbocycles. The summed E-state index contributed by atoms with van der Waals surface area (Å²) in [5, 5.41) is 10.1. The van der Waals surface area contributed by atoms with Crippen LogP contribution in [0.3, 0.4) is 0 Å². The lowest BCUT2D eigenvalue weighted by molar-refractivity contribution is 0.0398. The minimum atomic E-state index is -3.69. The Morgan fingerprint density at radius 1 is 1.17 bits per heavy atom. The Bertz CT molecular complexity index is 1140. The van der Waals surface area contributed by atoms with Crippen molar-refractivity contribution in [1.82, 2.24) is 24.7 Å². The molecule has 2 N–H and O–H groups in total. The first-order valence-electron chi connectivity index (χ1n) is 12.7. The maximum Gasteiger partial charge on any atom is 0.273 e. The maximum absolute atomic E-state index is 13.3. The second kappa shape index (κ2) is 10.8. The van der Waals surface area contributed by atoms with E-state index in [0.29, 0.717) is 31.1 Å². The topological polar surface area (TPSA) is 130 Å². The number of amides is 1. The average molecular weight is 519 g/mol. The molecule has 0 unspecified atom stereocenters. The Morgan fingerprint density at radius 2 is 1.97 bits per heavy atom. The first kappa shape index (κ1) is 25.1. The largest absolute Gasteiger partial charge is 0.379 e. The van der Waals surface area contributed by atoms with Gasteiger partial charge in [-0.3, -0.25) is 9.69 Å². The standard InChI is InChI=1S/C24H34N6O5S/c1-17-14-19(27-24(31)21-15-22(35-28-21)18-2-3-18)6-8-30(17)36(32,33)20-4-5-23(26-16-20)25-7-9-29-10-12-34-13-11-29/h4-5,15-19H,2-3,6-14H2,1H3,(H,25,26)(H,27,31)/t17-,19+/m1/s1. The molecule has 1 saturated carbocycles. The van der Waals surface area contributed by atoms with Crippen molar-refractivity contribution in [2.45, 2.75) is 55.5 Å². The summed E-state index contributed by atoms with van der Waals surface area (Å²) in [6.45, 7) is 7.16. The Hall–Kier alpha value is -2.54.